The molecule has 3 unspecified atom stereocenters. The molecule has 1 aliphatic heterocycles. The van der Waals surface area contributed by atoms with Crippen LogP contribution in [0.4, 0.5) is 4.39 Å². The third-order valence-electron chi connectivity index (χ3n) is 6.08. The molecule has 0 saturated heterocycles. The standard InChI is InChI=1S/C23H24FN.C2H6/c1-4-23(14-16(23)3)20-8-6-5-7-19(20)22-12-11-21(25-22)18-10-9-17(24)13-15(18)2;1-2/h5-13,16,22H,4,14H2,1-3H3;1-2H3. The normalized spacial score (nSPS) is 25.6. The Morgan fingerprint density at radius 3 is 2.48 bits per heavy atom. The molecule has 2 heteroatoms. The smallest absolute Gasteiger partial charge is 0.123 e. The fourth-order valence-corrected chi connectivity index (χ4v) is 4.42. The maximum atomic E-state index is 13.4. The molecule has 1 nitrogen and oxygen atoms in total. The molecule has 1 heterocycles. The van der Waals surface area contributed by atoms with E-state index in [1.54, 1.807) is 6.07 Å². The molecule has 27 heavy (non-hydrogen) atoms. The Kier molecular flexibility index (Phi) is 5.64. The fraction of sp³-hybridized carbons (Fsp3) is 0.400. The van der Waals surface area contributed by atoms with Crippen molar-refractivity contribution in [2.45, 2.75) is 58.9 Å². The third kappa shape index (κ3) is 3.50. The number of benzene rings is 2. The van der Waals surface area contributed by atoms with Crippen molar-refractivity contribution in [1.29, 1.82) is 0 Å². The molecular formula is C25H30FN. The van der Waals surface area contributed by atoms with E-state index in [9.17, 15) is 4.39 Å². The van der Waals surface area contributed by atoms with Gasteiger partial charge in [0.2, 0.25) is 0 Å². The highest BCUT2D eigenvalue weighted by atomic mass is 19.1. The molecule has 142 valence electrons. The highest BCUT2D eigenvalue weighted by molar-refractivity contribution is 6.11. The Bertz CT molecular complexity index is 876. The molecule has 2 aromatic rings. The molecule has 1 aliphatic carbocycles. The van der Waals surface area contributed by atoms with Gasteiger partial charge in [0, 0.05) is 5.56 Å². The first-order valence-electron chi connectivity index (χ1n) is 10.2. The number of hydrogen-bond donors (Lipinski definition) is 0. The molecule has 0 spiro atoms. The first-order valence-corrected chi connectivity index (χ1v) is 10.2. The minimum Gasteiger partial charge on any atom is -0.272 e. The topological polar surface area (TPSA) is 12.4 Å². The Hall–Kier alpha value is -2.22. The lowest BCUT2D eigenvalue weighted by Gasteiger charge is -2.21. The molecule has 2 aromatic carbocycles. The molecule has 1 saturated carbocycles. The van der Waals surface area contributed by atoms with Crippen molar-refractivity contribution in [2.24, 2.45) is 10.9 Å². The van der Waals surface area contributed by atoms with Gasteiger partial charge in [-0.3, -0.25) is 4.99 Å². The largest absolute Gasteiger partial charge is 0.272 e. The molecule has 0 radical (unpaired) electrons. The van der Waals surface area contributed by atoms with Crippen LogP contribution in [0.3, 0.4) is 0 Å². The summed E-state index contributed by atoms with van der Waals surface area (Å²) < 4.78 is 13.4. The van der Waals surface area contributed by atoms with Gasteiger partial charge in [0.15, 0.2) is 0 Å². The van der Waals surface area contributed by atoms with Crippen LogP contribution in [0.2, 0.25) is 0 Å². The van der Waals surface area contributed by atoms with Gasteiger partial charge in [0.05, 0.1) is 11.8 Å². The van der Waals surface area contributed by atoms with Gasteiger partial charge in [-0.05, 0) is 72.1 Å². The summed E-state index contributed by atoms with van der Waals surface area (Å²) >= 11 is 0. The van der Waals surface area contributed by atoms with Crippen LogP contribution in [0.15, 0.2) is 59.6 Å². The zero-order valence-corrected chi connectivity index (χ0v) is 17.1. The highest BCUT2D eigenvalue weighted by Crippen LogP contribution is 2.58. The molecule has 0 amide bonds. The van der Waals surface area contributed by atoms with Crippen molar-refractivity contribution in [1.82, 2.24) is 0 Å². The van der Waals surface area contributed by atoms with Gasteiger partial charge in [0.25, 0.3) is 0 Å². The number of aliphatic imine (C=N–C) groups is 1. The molecule has 1 fully saturated rings. The van der Waals surface area contributed by atoms with E-state index in [0.717, 1.165) is 22.8 Å². The SMILES string of the molecule is CC.CCC1(c2ccccc2C2C=CC(c3ccc(F)cc3C)=N2)CC1C. The average molecular weight is 364 g/mol. The summed E-state index contributed by atoms with van der Waals surface area (Å²) in [6.45, 7) is 10.6. The predicted octanol–water partition coefficient (Wildman–Crippen LogP) is 6.95. The molecular weight excluding hydrogens is 333 g/mol. The quantitative estimate of drug-likeness (QED) is 0.557. The molecule has 4 rings (SSSR count). The Labute approximate surface area is 163 Å². The Morgan fingerprint density at radius 2 is 1.85 bits per heavy atom. The maximum absolute atomic E-state index is 13.4. The number of allylic oxidation sites excluding steroid dienone is 1. The van der Waals surface area contributed by atoms with E-state index < -0.39 is 0 Å². The minimum absolute atomic E-state index is 0.0619. The summed E-state index contributed by atoms with van der Waals surface area (Å²) in [5.74, 6) is 0.546. The fourth-order valence-electron chi connectivity index (χ4n) is 4.42. The Morgan fingerprint density at radius 1 is 1.15 bits per heavy atom. The monoisotopic (exact) mass is 363 g/mol. The lowest BCUT2D eigenvalue weighted by Crippen LogP contribution is -2.12. The van der Waals surface area contributed by atoms with E-state index in [1.165, 1.54) is 30.0 Å². The van der Waals surface area contributed by atoms with Crippen molar-refractivity contribution in [3.05, 3.63) is 82.7 Å². The van der Waals surface area contributed by atoms with Gasteiger partial charge in [-0.2, -0.15) is 0 Å². The zero-order valence-electron chi connectivity index (χ0n) is 17.1. The van der Waals surface area contributed by atoms with Crippen LogP contribution in [-0.4, -0.2) is 5.71 Å². The summed E-state index contributed by atoms with van der Waals surface area (Å²) in [7, 11) is 0. The van der Waals surface area contributed by atoms with E-state index >= 15 is 0 Å². The van der Waals surface area contributed by atoms with E-state index in [0.29, 0.717) is 5.41 Å². The number of rotatable bonds is 4. The van der Waals surface area contributed by atoms with Gasteiger partial charge < -0.3 is 0 Å². The molecule has 0 bridgehead atoms. The lowest BCUT2D eigenvalue weighted by atomic mass is 9.85. The number of nitrogens with zero attached hydrogens (tertiary/aromatic N) is 1. The second kappa shape index (κ2) is 7.80. The van der Waals surface area contributed by atoms with Crippen molar-refractivity contribution in [3.63, 3.8) is 0 Å². The van der Waals surface area contributed by atoms with Crippen molar-refractivity contribution < 1.29 is 4.39 Å². The first kappa shape index (κ1) is 19.5. The molecule has 2 aliphatic rings. The summed E-state index contributed by atoms with van der Waals surface area (Å²) in [5.41, 5.74) is 6.00. The van der Waals surface area contributed by atoms with Crippen molar-refractivity contribution in [2.75, 3.05) is 0 Å². The summed E-state index contributed by atoms with van der Waals surface area (Å²) in [6, 6.07) is 13.7. The third-order valence-corrected chi connectivity index (χ3v) is 6.08. The first-order chi connectivity index (χ1) is 13.0. The van der Waals surface area contributed by atoms with Crippen molar-refractivity contribution in [3.8, 4) is 0 Å². The molecule has 0 aromatic heterocycles. The van der Waals surface area contributed by atoms with Crippen LogP contribution in [0, 0.1) is 18.7 Å². The van der Waals surface area contributed by atoms with Gasteiger partial charge in [0.1, 0.15) is 5.82 Å². The van der Waals surface area contributed by atoms with E-state index in [2.05, 4.69) is 50.3 Å². The summed E-state index contributed by atoms with van der Waals surface area (Å²) in [5, 5.41) is 0. The maximum Gasteiger partial charge on any atom is 0.123 e. The van der Waals surface area contributed by atoms with Crippen LogP contribution < -0.4 is 0 Å². The van der Waals surface area contributed by atoms with E-state index in [-0.39, 0.29) is 11.9 Å². The van der Waals surface area contributed by atoms with Crippen molar-refractivity contribution >= 4 is 5.71 Å². The number of aryl methyl sites for hydroxylation is 1. The summed E-state index contributed by atoms with van der Waals surface area (Å²) in [4.78, 5) is 4.96. The van der Waals surface area contributed by atoms with E-state index in [4.69, 9.17) is 4.99 Å². The average Bonchev–Trinajstić information content (AvgIpc) is 3.12. The van der Waals surface area contributed by atoms with Gasteiger partial charge in [-0.25, -0.2) is 4.39 Å². The molecule has 0 N–H and O–H groups in total. The van der Waals surface area contributed by atoms with Crippen LogP contribution in [0.25, 0.3) is 0 Å². The molecule has 3 atom stereocenters. The highest BCUT2D eigenvalue weighted by Gasteiger charge is 2.51. The second-order valence-electron chi connectivity index (χ2n) is 7.48. The van der Waals surface area contributed by atoms with Crippen LogP contribution in [0.1, 0.15) is 68.8 Å². The van der Waals surface area contributed by atoms with Crippen LogP contribution >= 0.6 is 0 Å². The van der Waals surface area contributed by atoms with Crippen LogP contribution in [-0.2, 0) is 5.41 Å². The van der Waals surface area contributed by atoms with Gasteiger partial charge >= 0.3 is 0 Å². The van der Waals surface area contributed by atoms with Gasteiger partial charge in [-0.15, -0.1) is 0 Å². The predicted molar refractivity (Wildman–Crippen MR) is 113 cm³/mol. The van der Waals surface area contributed by atoms with E-state index in [1.807, 2.05) is 26.8 Å². The zero-order chi connectivity index (χ0) is 19.6. The Balaban J connectivity index is 0.00000102. The number of halogens is 1. The number of hydrogen-bond acceptors (Lipinski definition) is 1. The second-order valence-corrected chi connectivity index (χ2v) is 7.48. The lowest BCUT2D eigenvalue weighted by molar-refractivity contribution is 0.597. The van der Waals surface area contributed by atoms with Gasteiger partial charge in [-0.1, -0.05) is 58.0 Å². The minimum atomic E-state index is -0.196. The summed E-state index contributed by atoms with van der Waals surface area (Å²) in [6.07, 6.45) is 6.70. The van der Waals surface area contributed by atoms with Crippen LogP contribution in [0.5, 0.6) is 0 Å².